The summed E-state index contributed by atoms with van der Waals surface area (Å²) in [6, 6.07) is 11.6. The fourth-order valence-electron chi connectivity index (χ4n) is 3.25. The molecule has 0 fully saturated rings. The molecule has 0 aliphatic heterocycles. The molecule has 1 heterocycles. The van der Waals surface area contributed by atoms with Gasteiger partial charge in [-0.15, -0.1) is 0 Å². The van der Waals surface area contributed by atoms with E-state index < -0.39 is 34.7 Å². The maximum Gasteiger partial charge on any atom is 0.420 e. The predicted molar refractivity (Wildman–Crippen MR) is 108 cm³/mol. The molecule has 5 nitrogen and oxygen atoms in total. The molecule has 0 unspecified atom stereocenters. The van der Waals surface area contributed by atoms with Crippen LogP contribution in [0.1, 0.15) is 16.7 Å². The van der Waals surface area contributed by atoms with Crippen molar-refractivity contribution in [1.82, 2.24) is 9.55 Å². The van der Waals surface area contributed by atoms with Gasteiger partial charge in [-0.1, -0.05) is 6.07 Å². The maximum absolute atomic E-state index is 14.0. The fraction of sp³-hybridized carbons (Fsp3) is 0.0870. The Hall–Kier alpha value is -4.26. The van der Waals surface area contributed by atoms with E-state index in [4.69, 9.17) is 10.00 Å². The molecular weight excluding hydrogens is 445 g/mol. The molecule has 0 aliphatic rings. The number of benzene rings is 3. The summed E-state index contributed by atoms with van der Waals surface area (Å²) in [7, 11) is 0. The van der Waals surface area contributed by atoms with Crippen molar-refractivity contribution in [3.63, 3.8) is 0 Å². The van der Waals surface area contributed by atoms with Crippen molar-refractivity contribution in [3.05, 3.63) is 99.6 Å². The molecule has 0 saturated carbocycles. The third-order valence-electron chi connectivity index (χ3n) is 4.82. The van der Waals surface area contributed by atoms with Crippen molar-refractivity contribution in [2.24, 2.45) is 0 Å². The summed E-state index contributed by atoms with van der Waals surface area (Å²) in [4.78, 5) is 16.0. The fourth-order valence-corrected chi connectivity index (χ4v) is 3.25. The third kappa shape index (κ3) is 4.52. The van der Waals surface area contributed by atoms with Crippen molar-refractivity contribution >= 4 is 10.9 Å². The number of rotatable bonds is 4. The average molecular weight is 457 g/mol. The van der Waals surface area contributed by atoms with Crippen LogP contribution in [0.2, 0.25) is 0 Å². The maximum atomic E-state index is 14.0. The average Bonchev–Trinajstić information content (AvgIpc) is 2.77. The van der Waals surface area contributed by atoms with Gasteiger partial charge in [0.25, 0.3) is 5.56 Å². The quantitative estimate of drug-likeness (QED) is 0.385. The Labute approximate surface area is 182 Å². The molecule has 4 rings (SSSR count). The van der Waals surface area contributed by atoms with Crippen LogP contribution in [0.15, 0.2) is 65.7 Å². The van der Waals surface area contributed by atoms with Gasteiger partial charge in [0.15, 0.2) is 0 Å². The lowest BCUT2D eigenvalue weighted by Gasteiger charge is -2.15. The Morgan fingerprint density at radius 2 is 1.82 bits per heavy atom. The minimum absolute atomic E-state index is 0.0275. The molecule has 1 aromatic heterocycles. The van der Waals surface area contributed by atoms with Gasteiger partial charge in [-0.3, -0.25) is 4.79 Å². The third-order valence-corrected chi connectivity index (χ3v) is 4.82. The van der Waals surface area contributed by atoms with E-state index in [0.717, 1.165) is 18.2 Å². The molecule has 33 heavy (non-hydrogen) atoms. The van der Waals surface area contributed by atoms with Gasteiger partial charge in [-0.05, 0) is 42.5 Å². The predicted octanol–water partition coefficient (Wildman–Crippen LogP) is 5.41. The lowest BCUT2D eigenvalue weighted by atomic mass is 10.1. The first-order valence-electron chi connectivity index (χ1n) is 9.38. The highest BCUT2D eigenvalue weighted by Gasteiger charge is 2.35. The Morgan fingerprint density at radius 1 is 1.03 bits per heavy atom. The normalized spacial score (nSPS) is 11.4. The smallest absolute Gasteiger partial charge is 0.420 e. The second-order valence-electron chi connectivity index (χ2n) is 7.01. The molecule has 166 valence electrons. The highest BCUT2D eigenvalue weighted by atomic mass is 19.4. The van der Waals surface area contributed by atoms with E-state index in [1.165, 1.54) is 41.2 Å². The number of alkyl halides is 3. The van der Waals surface area contributed by atoms with Crippen LogP contribution in [-0.2, 0) is 12.7 Å². The summed E-state index contributed by atoms with van der Waals surface area (Å²) in [6.45, 7) is -0.0655. The zero-order chi connectivity index (χ0) is 23.8. The van der Waals surface area contributed by atoms with E-state index in [-0.39, 0.29) is 28.8 Å². The summed E-state index contributed by atoms with van der Waals surface area (Å²) in [6.07, 6.45) is -3.58. The monoisotopic (exact) mass is 457 g/mol. The zero-order valence-electron chi connectivity index (χ0n) is 16.5. The van der Waals surface area contributed by atoms with E-state index in [1.807, 2.05) is 0 Å². The van der Waals surface area contributed by atoms with Crippen molar-refractivity contribution in [3.8, 4) is 17.6 Å². The second-order valence-corrected chi connectivity index (χ2v) is 7.01. The van der Waals surface area contributed by atoms with Gasteiger partial charge in [0.2, 0.25) is 0 Å². The largest absolute Gasteiger partial charge is 0.457 e. The van der Waals surface area contributed by atoms with E-state index in [0.29, 0.717) is 11.6 Å². The Balaban J connectivity index is 1.73. The standard InChI is InChI=1S/C23H12F5N3O2/c24-15-3-2-14(19(25)8-15)11-31-12-30-22(32)17-9-16(4-5-20(17)31)33-21-6-1-13(10-29)7-18(21)23(26,27)28/h1-9,12H,11H2. The molecule has 4 aromatic rings. The SMILES string of the molecule is N#Cc1ccc(Oc2ccc3c(c2)c(=O)ncn3Cc2ccc(F)cc2F)c(C(F)(F)F)c1. The highest BCUT2D eigenvalue weighted by molar-refractivity contribution is 5.79. The first-order chi connectivity index (χ1) is 15.7. The molecule has 0 saturated heterocycles. The summed E-state index contributed by atoms with van der Waals surface area (Å²) < 4.78 is 74.2. The van der Waals surface area contributed by atoms with Gasteiger partial charge in [-0.25, -0.2) is 8.78 Å². The van der Waals surface area contributed by atoms with Crippen LogP contribution in [0, 0.1) is 23.0 Å². The number of hydrogen-bond acceptors (Lipinski definition) is 4. The van der Waals surface area contributed by atoms with Gasteiger partial charge in [0.1, 0.15) is 23.1 Å². The lowest BCUT2D eigenvalue weighted by molar-refractivity contribution is -0.138. The molecular formula is C23H12F5N3O2. The molecule has 10 heteroatoms. The molecule has 0 N–H and O–H groups in total. The molecule has 0 spiro atoms. The molecule has 0 aliphatic carbocycles. The minimum atomic E-state index is -4.77. The van der Waals surface area contributed by atoms with Crippen molar-refractivity contribution < 1.29 is 26.7 Å². The molecule has 3 aromatic carbocycles. The lowest BCUT2D eigenvalue weighted by Crippen LogP contribution is -2.14. The number of nitriles is 1. The van der Waals surface area contributed by atoms with E-state index in [2.05, 4.69) is 4.98 Å². The van der Waals surface area contributed by atoms with Gasteiger partial charge >= 0.3 is 6.18 Å². The van der Waals surface area contributed by atoms with Crippen molar-refractivity contribution in [2.75, 3.05) is 0 Å². The molecule has 0 radical (unpaired) electrons. The number of fused-ring (bicyclic) bond motifs is 1. The van der Waals surface area contributed by atoms with Gasteiger partial charge in [0.05, 0.1) is 41.0 Å². The van der Waals surface area contributed by atoms with Crippen LogP contribution in [0.3, 0.4) is 0 Å². The van der Waals surface area contributed by atoms with Crippen molar-refractivity contribution in [1.29, 1.82) is 5.26 Å². The van der Waals surface area contributed by atoms with Gasteiger partial charge < -0.3 is 9.30 Å². The number of halogens is 5. The summed E-state index contributed by atoms with van der Waals surface area (Å²) in [5.74, 6) is -2.12. The summed E-state index contributed by atoms with van der Waals surface area (Å²) in [5, 5.41) is 8.90. The van der Waals surface area contributed by atoms with Crippen molar-refractivity contribution in [2.45, 2.75) is 12.7 Å². The Bertz CT molecular complexity index is 1470. The van der Waals surface area contributed by atoms with E-state index >= 15 is 0 Å². The molecule has 0 bridgehead atoms. The number of hydrogen-bond donors (Lipinski definition) is 0. The first-order valence-corrected chi connectivity index (χ1v) is 9.38. The Morgan fingerprint density at radius 3 is 2.52 bits per heavy atom. The first kappa shape index (κ1) is 22.0. The Kier molecular flexibility index (Phi) is 5.55. The van der Waals surface area contributed by atoms with Gasteiger partial charge in [-0.2, -0.15) is 23.4 Å². The second kappa shape index (κ2) is 8.35. The van der Waals surface area contributed by atoms with Crippen LogP contribution >= 0.6 is 0 Å². The van der Waals surface area contributed by atoms with E-state index in [9.17, 15) is 26.7 Å². The highest BCUT2D eigenvalue weighted by Crippen LogP contribution is 2.39. The topological polar surface area (TPSA) is 67.9 Å². The molecule has 0 amide bonds. The van der Waals surface area contributed by atoms with E-state index in [1.54, 1.807) is 6.07 Å². The number of aromatic nitrogens is 2. The molecule has 0 atom stereocenters. The van der Waals surface area contributed by atoms with Crippen LogP contribution < -0.4 is 10.3 Å². The minimum Gasteiger partial charge on any atom is -0.457 e. The summed E-state index contributed by atoms with van der Waals surface area (Å²) in [5.41, 5.74) is -1.52. The zero-order valence-corrected chi connectivity index (χ0v) is 16.5. The number of nitrogens with zero attached hydrogens (tertiary/aromatic N) is 3. The van der Waals surface area contributed by atoms with Crippen LogP contribution in [-0.4, -0.2) is 9.55 Å². The van der Waals surface area contributed by atoms with Crippen LogP contribution in [0.5, 0.6) is 11.5 Å². The van der Waals surface area contributed by atoms with Gasteiger partial charge in [0, 0.05) is 11.6 Å². The van der Waals surface area contributed by atoms with Crippen LogP contribution in [0.4, 0.5) is 22.0 Å². The van der Waals surface area contributed by atoms with Crippen LogP contribution in [0.25, 0.3) is 10.9 Å². The summed E-state index contributed by atoms with van der Waals surface area (Å²) >= 11 is 0. The number of ether oxygens (including phenoxy) is 1.